The number of morpholine rings is 1. The van der Waals surface area contributed by atoms with E-state index >= 15 is 0 Å². The van der Waals surface area contributed by atoms with Crippen molar-refractivity contribution in [1.82, 2.24) is 20.0 Å². The lowest BCUT2D eigenvalue weighted by Crippen LogP contribution is -2.52. The first-order valence-electron chi connectivity index (χ1n) is 9.26. The van der Waals surface area contributed by atoms with Gasteiger partial charge in [0.1, 0.15) is 6.10 Å². The van der Waals surface area contributed by atoms with E-state index in [4.69, 9.17) is 4.74 Å². The van der Waals surface area contributed by atoms with Crippen LogP contribution in [0.2, 0.25) is 0 Å². The van der Waals surface area contributed by atoms with Crippen LogP contribution in [0.15, 0.2) is 17.4 Å². The van der Waals surface area contributed by atoms with E-state index in [1.54, 1.807) is 0 Å². The highest BCUT2D eigenvalue weighted by Crippen LogP contribution is 2.56. The molecule has 1 unspecified atom stereocenters. The molecule has 1 N–H and O–H groups in total. The number of nitrogens with one attached hydrogen (secondary N) is 1. The van der Waals surface area contributed by atoms with Gasteiger partial charge in [-0.15, -0.1) is 24.0 Å². The van der Waals surface area contributed by atoms with Crippen molar-refractivity contribution in [2.24, 2.45) is 23.4 Å². The number of aliphatic imine (C=N–C) groups is 1. The van der Waals surface area contributed by atoms with Crippen LogP contribution in [0.4, 0.5) is 0 Å². The summed E-state index contributed by atoms with van der Waals surface area (Å²) < 4.78 is 7.78. The molecule has 2 aliphatic carbocycles. The molecule has 7 heteroatoms. The molecule has 2 heterocycles. The Kier molecular flexibility index (Phi) is 5.92. The number of hydrogen-bond donors (Lipinski definition) is 1. The standard InChI is InChI=1S/C18H29N5O.HI/c1-19-17(20-13-18(6-3-7-18)15-4-5-15)23-8-9-24-16(12-23)14-10-21-22(2)11-14;/h10-11,15-16H,3-9,12-13H2,1-2H3,(H,19,20);1H. The Balaban J connectivity index is 0.00000182. The monoisotopic (exact) mass is 459 g/mol. The molecule has 140 valence electrons. The van der Waals surface area contributed by atoms with E-state index in [9.17, 15) is 0 Å². The third-order valence-electron chi connectivity index (χ3n) is 6.07. The van der Waals surface area contributed by atoms with Crippen LogP contribution in [0.5, 0.6) is 0 Å². The fraction of sp³-hybridized carbons (Fsp3) is 0.778. The summed E-state index contributed by atoms with van der Waals surface area (Å²) in [5, 5.41) is 7.95. The Hall–Kier alpha value is -0.830. The van der Waals surface area contributed by atoms with Crippen LogP contribution >= 0.6 is 24.0 Å². The van der Waals surface area contributed by atoms with E-state index in [0.29, 0.717) is 5.41 Å². The maximum absolute atomic E-state index is 5.95. The normalized spacial score (nSPS) is 25.9. The van der Waals surface area contributed by atoms with E-state index in [1.807, 2.05) is 31.2 Å². The van der Waals surface area contributed by atoms with Gasteiger partial charge in [0.05, 0.1) is 19.3 Å². The highest BCUT2D eigenvalue weighted by molar-refractivity contribution is 14.0. The molecule has 3 aliphatic rings. The van der Waals surface area contributed by atoms with Crippen molar-refractivity contribution in [2.45, 2.75) is 38.2 Å². The molecule has 0 spiro atoms. The number of nitrogens with zero attached hydrogens (tertiary/aromatic N) is 4. The number of guanidine groups is 1. The van der Waals surface area contributed by atoms with Crippen LogP contribution < -0.4 is 5.32 Å². The molecule has 0 amide bonds. The van der Waals surface area contributed by atoms with Gasteiger partial charge in [-0.2, -0.15) is 5.10 Å². The van der Waals surface area contributed by atoms with Gasteiger partial charge in [0.25, 0.3) is 0 Å². The largest absolute Gasteiger partial charge is 0.370 e. The predicted molar refractivity (Wildman–Crippen MR) is 109 cm³/mol. The van der Waals surface area contributed by atoms with Gasteiger partial charge in [-0.1, -0.05) is 6.42 Å². The number of aromatic nitrogens is 2. The van der Waals surface area contributed by atoms with Gasteiger partial charge in [0.2, 0.25) is 0 Å². The van der Waals surface area contributed by atoms with Gasteiger partial charge in [0, 0.05) is 38.9 Å². The number of hydrogen-bond acceptors (Lipinski definition) is 3. The summed E-state index contributed by atoms with van der Waals surface area (Å²) in [5.74, 6) is 1.99. The number of ether oxygens (including phenoxy) is 1. The van der Waals surface area contributed by atoms with E-state index in [-0.39, 0.29) is 30.1 Å². The first-order valence-corrected chi connectivity index (χ1v) is 9.26. The molecule has 3 fully saturated rings. The molecular formula is C18H30IN5O. The predicted octanol–water partition coefficient (Wildman–Crippen LogP) is 2.57. The molecule has 1 aromatic heterocycles. The first-order chi connectivity index (χ1) is 11.7. The van der Waals surface area contributed by atoms with Crippen molar-refractivity contribution in [3.05, 3.63) is 18.0 Å². The number of aryl methyl sites for hydroxylation is 1. The Morgan fingerprint density at radius 3 is 2.80 bits per heavy atom. The van der Waals surface area contributed by atoms with Crippen LogP contribution in [-0.2, 0) is 11.8 Å². The molecule has 1 atom stereocenters. The van der Waals surface area contributed by atoms with Gasteiger partial charge in [-0.3, -0.25) is 9.67 Å². The van der Waals surface area contributed by atoms with Crippen LogP contribution in [0.3, 0.4) is 0 Å². The molecule has 0 radical (unpaired) electrons. The second-order valence-electron chi connectivity index (χ2n) is 7.64. The smallest absolute Gasteiger partial charge is 0.193 e. The minimum atomic E-state index is 0. The average Bonchev–Trinajstić information content (AvgIpc) is 3.31. The van der Waals surface area contributed by atoms with E-state index in [0.717, 1.165) is 43.7 Å². The fourth-order valence-corrected chi connectivity index (χ4v) is 4.29. The van der Waals surface area contributed by atoms with E-state index in [2.05, 4.69) is 20.3 Å². The topological polar surface area (TPSA) is 54.7 Å². The van der Waals surface area contributed by atoms with Crippen molar-refractivity contribution < 1.29 is 4.74 Å². The third-order valence-corrected chi connectivity index (χ3v) is 6.07. The molecule has 6 nitrogen and oxygen atoms in total. The zero-order valence-electron chi connectivity index (χ0n) is 15.3. The van der Waals surface area contributed by atoms with E-state index in [1.165, 1.54) is 32.1 Å². The summed E-state index contributed by atoms with van der Waals surface area (Å²) in [5.41, 5.74) is 1.71. The zero-order valence-corrected chi connectivity index (χ0v) is 17.6. The summed E-state index contributed by atoms with van der Waals surface area (Å²) in [6, 6.07) is 0. The molecule has 1 aromatic rings. The van der Waals surface area contributed by atoms with Gasteiger partial charge >= 0.3 is 0 Å². The average molecular weight is 459 g/mol. The van der Waals surface area contributed by atoms with Crippen LogP contribution in [0, 0.1) is 11.3 Å². The lowest BCUT2D eigenvalue weighted by Gasteiger charge is -2.44. The summed E-state index contributed by atoms with van der Waals surface area (Å²) in [4.78, 5) is 6.88. The molecular weight excluding hydrogens is 429 g/mol. The SMILES string of the molecule is CN=C(NCC1(C2CC2)CCC1)N1CCOC(c2cnn(C)c2)C1.I. The second kappa shape index (κ2) is 7.82. The van der Waals surface area contributed by atoms with Crippen molar-refractivity contribution in [3.8, 4) is 0 Å². The molecule has 0 aromatic carbocycles. The Bertz CT molecular complexity index is 608. The highest BCUT2D eigenvalue weighted by atomic mass is 127. The Labute approximate surface area is 167 Å². The quantitative estimate of drug-likeness (QED) is 0.427. The molecule has 25 heavy (non-hydrogen) atoms. The lowest BCUT2D eigenvalue weighted by atomic mass is 9.65. The summed E-state index contributed by atoms with van der Waals surface area (Å²) >= 11 is 0. The molecule has 2 saturated carbocycles. The third kappa shape index (κ3) is 3.97. The minimum absolute atomic E-state index is 0. The Morgan fingerprint density at radius 2 is 2.24 bits per heavy atom. The first kappa shape index (κ1) is 18.9. The van der Waals surface area contributed by atoms with E-state index < -0.39 is 0 Å². The van der Waals surface area contributed by atoms with Gasteiger partial charge in [0.15, 0.2) is 5.96 Å². The summed E-state index contributed by atoms with van der Waals surface area (Å²) in [6.07, 6.45) is 11.1. The van der Waals surface area contributed by atoms with Gasteiger partial charge < -0.3 is 15.0 Å². The fourth-order valence-electron chi connectivity index (χ4n) is 4.29. The summed E-state index contributed by atoms with van der Waals surface area (Å²) in [7, 11) is 3.84. The van der Waals surface area contributed by atoms with Crippen LogP contribution in [-0.4, -0.2) is 53.9 Å². The van der Waals surface area contributed by atoms with Gasteiger partial charge in [-0.25, -0.2) is 0 Å². The van der Waals surface area contributed by atoms with Crippen molar-refractivity contribution in [3.63, 3.8) is 0 Å². The molecule has 4 rings (SSSR count). The van der Waals surface area contributed by atoms with Crippen LogP contribution in [0.1, 0.15) is 43.8 Å². The Morgan fingerprint density at radius 1 is 1.44 bits per heavy atom. The van der Waals surface area contributed by atoms with Crippen LogP contribution in [0.25, 0.3) is 0 Å². The summed E-state index contributed by atoms with van der Waals surface area (Å²) in [6.45, 7) is 3.54. The van der Waals surface area contributed by atoms with Crippen molar-refractivity contribution in [1.29, 1.82) is 0 Å². The highest BCUT2D eigenvalue weighted by Gasteiger charge is 2.48. The number of rotatable bonds is 4. The molecule has 1 saturated heterocycles. The van der Waals surface area contributed by atoms with Gasteiger partial charge in [-0.05, 0) is 37.0 Å². The van der Waals surface area contributed by atoms with Crippen molar-refractivity contribution >= 4 is 29.9 Å². The second-order valence-corrected chi connectivity index (χ2v) is 7.64. The molecule has 1 aliphatic heterocycles. The maximum Gasteiger partial charge on any atom is 0.193 e. The van der Waals surface area contributed by atoms with Crippen molar-refractivity contribution in [2.75, 3.05) is 33.3 Å². The maximum atomic E-state index is 5.95. The zero-order chi connectivity index (χ0) is 16.6. The molecule has 0 bridgehead atoms. The minimum Gasteiger partial charge on any atom is -0.370 e. The number of halogens is 1. The lowest BCUT2D eigenvalue weighted by molar-refractivity contribution is -0.00857.